The number of allylic oxidation sites excluding steroid dienone is 20. The maximum atomic E-state index is 13.2. The monoisotopic (exact) mass is 793 g/mol. The molecule has 0 radical (unpaired) electrons. The molecule has 4 rings (SSSR count). The molecule has 2 aliphatic heterocycles. The van der Waals surface area contributed by atoms with Gasteiger partial charge in [0.25, 0.3) is 0 Å². The van der Waals surface area contributed by atoms with Gasteiger partial charge in [-0.15, -0.1) is 0 Å². The molecule has 0 aromatic rings. The maximum absolute atomic E-state index is 13.2. The molecule has 0 spiro atoms. The van der Waals surface area contributed by atoms with Gasteiger partial charge in [-0.05, 0) is 74.7 Å². The molecule has 0 saturated carbocycles. The second kappa shape index (κ2) is 20.9. The minimum absolute atomic E-state index is 0.0974. The molecule has 8 heteroatoms. The minimum Gasteiger partial charge on any atom is -0.450 e. The Bertz CT molecular complexity index is 1790. The Morgan fingerprint density at radius 2 is 0.914 bits per heavy atom. The summed E-state index contributed by atoms with van der Waals surface area (Å²) in [6.07, 6.45) is 31.7. The van der Waals surface area contributed by atoms with Crippen molar-refractivity contribution in [1.82, 2.24) is 0 Å². The fourth-order valence-corrected chi connectivity index (χ4v) is 8.19. The van der Waals surface area contributed by atoms with Gasteiger partial charge < -0.3 is 20.1 Å². The number of esters is 2. The van der Waals surface area contributed by atoms with E-state index in [9.17, 15) is 19.2 Å². The van der Waals surface area contributed by atoms with Crippen molar-refractivity contribution in [2.24, 2.45) is 10.8 Å². The van der Waals surface area contributed by atoms with Crippen LogP contribution in [-0.4, -0.2) is 60.9 Å². The molecule has 0 bridgehead atoms. The van der Waals surface area contributed by atoms with Crippen LogP contribution in [0.1, 0.15) is 108 Å². The number of ether oxygens (including phenoxy) is 2. The van der Waals surface area contributed by atoms with E-state index in [0.717, 1.165) is 72.2 Å². The highest BCUT2D eigenvalue weighted by molar-refractivity contribution is 6.02. The summed E-state index contributed by atoms with van der Waals surface area (Å²) in [4.78, 5) is 51.6. The minimum atomic E-state index is -0.720. The van der Waals surface area contributed by atoms with Crippen molar-refractivity contribution in [3.63, 3.8) is 0 Å². The zero-order valence-electron chi connectivity index (χ0n) is 36.7. The third-order valence-corrected chi connectivity index (χ3v) is 11.7. The van der Waals surface area contributed by atoms with Gasteiger partial charge in [-0.2, -0.15) is 0 Å². The third-order valence-electron chi connectivity index (χ3n) is 11.7. The van der Waals surface area contributed by atoms with Crippen LogP contribution in [-0.2, 0) is 28.7 Å². The van der Waals surface area contributed by atoms with Crippen molar-refractivity contribution in [2.75, 3.05) is 13.1 Å². The van der Waals surface area contributed by atoms with Crippen LogP contribution in [0.15, 0.2) is 130 Å². The molecule has 8 nitrogen and oxygen atoms in total. The van der Waals surface area contributed by atoms with Gasteiger partial charge in [0.2, 0.25) is 0 Å². The molecule has 4 N–H and O–H groups in total. The van der Waals surface area contributed by atoms with Crippen molar-refractivity contribution >= 4 is 23.5 Å². The van der Waals surface area contributed by atoms with Crippen LogP contribution in [0.3, 0.4) is 0 Å². The Morgan fingerprint density at radius 1 is 0.569 bits per heavy atom. The second-order valence-corrected chi connectivity index (χ2v) is 17.8. The van der Waals surface area contributed by atoms with E-state index in [1.54, 1.807) is 0 Å². The number of ketones is 2. The molecule has 58 heavy (non-hydrogen) atoms. The summed E-state index contributed by atoms with van der Waals surface area (Å²) in [5.74, 6) is -0.728. The van der Waals surface area contributed by atoms with Gasteiger partial charge in [-0.3, -0.25) is 9.59 Å². The number of rotatable bonds is 14. The van der Waals surface area contributed by atoms with E-state index in [1.165, 1.54) is 0 Å². The lowest BCUT2D eigenvalue weighted by Crippen LogP contribution is -2.88. The van der Waals surface area contributed by atoms with E-state index in [1.807, 2.05) is 99.1 Å². The van der Waals surface area contributed by atoms with Crippen molar-refractivity contribution in [3.8, 4) is 0 Å². The SMILES string of the molecule is CC1=C(/C=C/C(C)=C/C=C/C(C)=C/C=C/C=C(C)/C=C/C=C(C)/C=C/C2=C(C)C(=O)C(OC(=O)C3CCC[NH2+]3)CC2(C)C)C(C)(C)CC(OC(=O)C2CCC[NH2+]2)C1=O. The molecule has 4 aliphatic rings. The Hall–Kier alpha value is -4.66. The van der Waals surface area contributed by atoms with Gasteiger partial charge >= 0.3 is 11.9 Å². The zero-order valence-corrected chi connectivity index (χ0v) is 36.7. The number of Topliss-reactive ketones (excluding diaryl/α,β-unsaturated/α-hetero) is 2. The van der Waals surface area contributed by atoms with Crippen LogP contribution in [0.5, 0.6) is 0 Å². The average molecular weight is 793 g/mol. The van der Waals surface area contributed by atoms with E-state index in [4.69, 9.17) is 9.47 Å². The maximum Gasteiger partial charge on any atom is 0.365 e. The zero-order chi connectivity index (χ0) is 42.6. The average Bonchev–Trinajstić information content (AvgIpc) is 3.90. The van der Waals surface area contributed by atoms with Gasteiger partial charge in [0.1, 0.15) is 0 Å². The molecular weight excluding hydrogens is 725 g/mol. The Balaban J connectivity index is 1.27. The van der Waals surface area contributed by atoms with Crippen LogP contribution < -0.4 is 10.6 Å². The Morgan fingerprint density at radius 3 is 1.26 bits per heavy atom. The van der Waals surface area contributed by atoms with Crippen LogP contribution >= 0.6 is 0 Å². The summed E-state index contributed by atoms with van der Waals surface area (Å²) in [7, 11) is 0. The van der Waals surface area contributed by atoms with Crippen LogP contribution in [0.4, 0.5) is 0 Å². The molecular formula is C50H68N2O6+2. The smallest absolute Gasteiger partial charge is 0.365 e. The highest BCUT2D eigenvalue weighted by Crippen LogP contribution is 2.42. The second-order valence-electron chi connectivity index (χ2n) is 17.8. The van der Waals surface area contributed by atoms with Gasteiger partial charge in [-0.25, -0.2) is 9.59 Å². The third kappa shape index (κ3) is 12.9. The molecule has 0 amide bonds. The van der Waals surface area contributed by atoms with E-state index >= 15 is 0 Å². The number of quaternary nitrogens is 2. The first-order valence-corrected chi connectivity index (χ1v) is 21.1. The first-order valence-electron chi connectivity index (χ1n) is 21.1. The largest absolute Gasteiger partial charge is 0.450 e. The Kier molecular flexibility index (Phi) is 16.5. The van der Waals surface area contributed by atoms with E-state index in [0.29, 0.717) is 24.0 Å². The molecule has 2 aliphatic carbocycles. The summed E-state index contributed by atoms with van der Waals surface area (Å²) in [5.41, 5.74) is 7.02. The predicted octanol–water partition coefficient (Wildman–Crippen LogP) is 7.46. The molecule has 4 atom stereocenters. The van der Waals surface area contributed by atoms with Crippen molar-refractivity contribution in [3.05, 3.63) is 130 Å². The van der Waals surface area contributed by atoms with E-state index in [2.05, 4.69) is 65.8 Å². The van der Waals surface area contributed by atoms with E-state index in [-0.39, 0.29) is 46.4 Å². The normalized spacial score (nSPS) is 26.5. The number of carbonyl (C=O) groups is 4. The summed E-state index contributed by atoms with van der Waals surface area (Å²) in [6, 6.07) is -0.370. The summed E-state index contributed by atoms with van der Waals surface area (Å²) >= 11 is 0. The number of nitrogens with two attached hydrogens (primary N) is 2. The lowest BCUT2D eigenvalue weighted by Gasteiger charge is -2.36. The Labute approximate surface area is 347 Å². The van der Waals surface area contributed by atoms with Gasteiger partial charge in [0.05, 0.1) is 13.1 Å². The van der Waals surface area contributed by atoms with Gasteiger partial charge in [-0.1, -0.05) is 135 Å². The lowest BCUT2D eigenvalue weighted by molar-refractivity contribution is -0.659. The highest BCUT2D eigenvalue weighted by Gasteiger charge is 2.43. The molecule has 2 saturated heterocycles. The highest BCUT2D eigenvalue weighted by atomic mass is 16.6. The van der Waals surface area contributed by atoms with Crippen molar-refractivity contribution in [2.45, 2.75) is 132 Å². The van der Waals surface area contributed by atoms with Crippen LogP contribution in [0.25, 0.3) is 0 Å². The molecule has 0 aromatic heterocycles. The van der Waals surface area contributed by atoms with Crippen molar-refractivity contribution < 1.29 is 39.3 Å². The first-order chi connectivity index (χ1) is 27.4. The summed E-state index contributed by atoms with van der Waals surface area (Å²) in [5, 5.41) is 4.02. The first kappa shape index (κ1) is 46.0. The lowest BCUT2D eigenvalue weighted by atomic mass is 9.71. The quantitative estimate of drug-likeness (QED) is 0.139. The van der Waals surface area contributed by atoms with E-state index < -0.39 is 12.2 Å². The summed E-state index contributed by atoms with van der Waals surface area (Å²) < 4.78 is 11.5. The topological polar surface area (TPSA) is 120 Å². The number of hydrogen-bond donors (Lipinski definition) is 2. The molecule has 0 aromatic carbocycles. The fourth-order valence-electron chi connectivity index (χ4n) is 8.19. The fraction of sp³-hybridized carbons (Fsp3) is 0.480. The van der Waals surface area contributed by atoms with Crippen LogP contribution in [0.2, 0.25) is 0 Å². The summed E-state index contributed by atoms with van der Waals surface area (Å²) in [6.45, 7) is 22.1. The van der Waals surface area contributed by atoms with Crippen LogP contribution in [0, 0.1) is 10.8 Å². The standard InChI is InChI=1S/C50H66N2O6/c1-33(19-13-21-35(3)25-27-39-37(5)45(53)43(31-49(39,7)8)57-47(55)41-23-15-29-51-41)17-11-12-18-34(2)20-14-22-36(4)26-28-40-38(6)46(54)44(32-50(40,9)10)58-48(56)42-24-16-30-52-42/h11-14,17-22,25-28,41-44,51-52H,15-16,23-24,29-32H2,1-10H3/p+2/b12-11+,19-13+,20-14+,27-25+,28-26+,33-17+,34-18+,35-21+,36-22+. The van der Waals surface area contributed by atoms with Gasteiger partial charge in [0, 0.05) is 38.5 Å². The number of carbonyl (C=O) groups excluding carboxylic acids is 4. The van der Waals surface area contributed by atoms with Crippen molar-refractivity contribution in [1.29, 1.82) is 0 Å². The molecule has 4 unspecified atom stereocenters. The molecule has 312 valence electrons. The predicted molar refractivity (Wildman–Crippen MR) is 232 cm³/mol. The molecule has 2 fully saturated rings. The number of hydrogen-bond acceptors (Lipinski definition) is 6. The molecule has 2 heterocycles. The van der Waals surface area contributed by atoms with Gasteiger partial charge in [0.15, 0.2) is 35.9 Å².